The lowest BCUT2D eigenvalue weighted by molar-refractivity contribution is -0.129. The fourth-order valence-corrected chi connectivity index (χ4v) is 3.83. The van der Waals surface area contributed by atoms with E-state index in [1.807, 2.05) is 18.7 Å². The Balaban J connectivity index is 0.00000261. The Bertz CT molecular complexity index is 682. The summed E-state index contributed by atoms with van der Waals surface area (Å²) >= 11 is 6.17. The van der Waals surface area contributed by atoms with Gasteiger partial charge in [-0.15, -0.1) is 24.0 Å². The first-order valence-corrected chi connectivity index (χ1v) is 9.70. The number of halogens is 3. The molecule has 1 heterocycles. The standard InChI is InChI=1S/C19H26ClFN4O.HI/c1-3-17(26)25-9-8-12(11-25)23-19(22-4-2)24-16-10-13(16)18-14(20)6-5-7-15(18)21;/h5-7,12-13,16H,3-4,8-11H2,1-2H3,(H2,22,23,24);1H. The molecule has 1 aromatic carbocycles. The van der Waals surface area contributed by atoms with Crippen LogP contribution in [0.15, 0.2) is 23.2 Å². The summed E-state index contributed by atoms with van der Waals surface area (Å²) in [6.45, 7) is 5.99. The van der Waals surface area contributed by atoms with Crippen molar-refractivity contribution in [1.82, 2.24) is 15.5 Å². The van der Waals surface area contributed by atoms with Crippen molar-refractivity contribution >= 4 is 47.4 Å². The second kappa shape index (κ2) is 9.91. The summed E-state index contributed by atoms with van der Waals surface area (Å²) in [6.07, 6.45) is 2.27. The molecule has 1 saturated heterocycles. The van der Waals surface area contributed by atoms with Gasteiger partial charge in [0.1, 0.15) is 5.82 Å². The van der Waals surface area contributed by atoms with Crippen molar-refractivity contribution in [2.45, 2.75) is 51.1 Å². The Morgan fingerprint density at radius 2 is 2.15 bits per heavy atom. The summed E-state index contributed by atoms with van der Waals surface area (Å²) in [7, 11) is 0. The molecular formula is C19H27ClFIN4O. The lowest BCUT2D eigenvalue weighted by Gasteiger charge is -2.19. The van der Waals surface area contributed by atoms with Gasteiger partial charge in [-0.3, -0.25) is 9.79 Å². The van der Waals surface area contributed by atoms with Crippen LogP contribution in [-0.4, -0.2) is 48.5 Å². The molecule has 1 amide bonds. The van der Waals surface area contributed by atoms with E-state index in [4.69, 9.17) is 11.6 Å². The second-order valence-corrected chi connectivity index (χ2v) is 7.28. The summed E-state index contributed by atoms with van der Waals surface area (Å²) in [6, 6.07) is 5.12. The van der Waals surface area contributed by atoms with E-state index in [-0.39, 0.29) is 53.7 Å². The zero-order valence-corrected chi connectivity index (χ0v) is 18.8. The van der Waals surface area contributed by atoms with Gasteiger partial charge in [-0.1, -0.05) is 24.6 Å². The average Bonchev–Trinajstić information content (AvgIpc) is 3.18. The molecule has 8 heteroatoms. The summed E-state index contributed by atoms with van der Waals surface area (Å²) in [5.41, 5.74) is 0.586. The summed E-state index contributed by atoms with van der Waals surface area (Å²) in [4.78, 5) is 18.2. The van der Waals surface area contributed by atoms with Crippen LogP contribution in [0, 0.1) is 5.82 Å². The smallest absolute Gasteiger partial charge is 0.222 e. The number of hydrogen-bond donors (Lipinski definition) is 2. The highest BCUT2D eigenvalue weighted by Gasteiger charge is 2.42. The van der Waals surface area contributed by atoms with Gasteiger partial charge >= 0.3 is 0 Å². The van der Waals surface area contributed by atoms with Crippen LogP contribution in [0.1, 0.15) is 44.6 Å². The Hall–Kier alpha value is -1.09. The fourth-order valence-electron chi connectivity index (χ4n) is 3.53. The van der Waals surface area contributed by atoms with Crippen LogP contribution in [0.3, 0.4) is 0 Å². The van der Waals surface area contributed by atoms with Gasteiger partial charge in [0, 0.05) is 54.6 Å². The zero-order chi connectivity index (χ0) is 18.7. The highest BCUT2D eigenvalue weighted by molar-refractivity contribution is 14.0. The molecule has 3 unspecified atom stereocenters. The Morgan fingerprint density at radius 3 is 2.81 bits per heavy atom. The normalized spacial score (nSPS) is 24.4. The van der Waals surface area contributed by atoms with Crippen LogP contribution in [-0.2, 0) is 4.79 Å². The maximum absolute atomic E-state index is 14.1. The molecule has 27 heavy (non-hydrogen) atoms. The molecule has 0 radical (unpaired) electrons. The van der Waals surface area contributed by atoms with E-state index in [1.165, 1.54) is 6.07 Å². The second-order valence-electron chi connectivity index (χ2n) is 6.87. The van der Waals surface area contributed by atoms with Crippen LogP contribution < -0.4 is 10.6 Å². The van der Waals surface area contributed by atoms with Gasteiger partial charge in [-0.25, -0.2) is 4.39 Å². The van der Waals surface area contributed by atoms with Crippen molar-refractivity contribution in [3.8, 4) is 0 Å². The van der Waals surface area contributed by atoms with Crippen molar-refractivity contribution in [2.24, 2.45) is 4.99 Å². The van der Waals surface area contributed by atoms with Gasteiger partial charge < -0.3 is 15.5 Å². The maximum atomic E-state index is 14.1. The van der Waals surface area contributed by atoms with Gasteiger partial charge in [0.15, 0.2) is 5.96 Å². The van der Waals surface area contributed by atoms with E-state index in [2.05, 4.69) is 15.6 Å². The molecule has 0 aromatic heterocycles. The van der Waals surface area contributed by atoms with Crippen molar-refractivity contribution in [3.63, 3.8) is 0 Å². The largest absolute Gasteiger partial charge is 0.353 e. The predicted molar refractivity (Wildman–Crippen MR) is 117 cm³/mol. The third-order valence-corrected chi connectivity index (χ3v) is 5.31. The van der Waals surface area contributed by atoms with Gasteiger partial charge in [-0.2, -0.15) is 0 Å². The maximum Gasteiger partial charge on any atom is 0.222 e. The molecule has 2 N–H and O–H groups in total. The van der Waals surface area contributed by atoms with E-state index in [1.54, 1.807) is 12.1 Å². The highest BCUT2D eigenvalue weighted by Crippen LogP contribution is 2.44. The Labute approximate surface area is 182 Å². The number of aliphatic imine (C=N–C) groups is 1. The quantitative estimate of drug-likeness (QED) is 0.364. The van der Waals surface area contributed by atoms with Crippen LogP contribution >= 0.6 is 35.6 Å². The first kappa shape index (κ1) is 22.2. The van der Waals surface area contributed by atoms with Crippen LogP contribution in [0.4, 0.5) is 4.39 Å². The van der Waals surface area contributed by atoms with Crippen molar-refractivity contribution in [2.75, 3.05) is 19.6 Å². The van der Waals surface area contributed by atoms with E-state index in [9.17, 15) is 9.18 Å². The highest BCUT2D eigenvalue weighted by atomic mass is 127. The van der Waals surface area contributed by atoms with Gasteiger partial charge in [-0.05, 0) is 31.9 Å². The number of hydrogen-bond acceptors (Lipinski definition) is 2. The molecule has 0 bridgehead atoms. The van der Waals surface area contributed by atoms with Crippen LogP contribution in [0.2, 0.25) is 5.02 Å². The average molecular weight is 509 g/mol. The summed E-state index contributed by atoms with van der Waals surface area (Å²) in [5.74, 6) is 0.725. The first-order chi connectivity index (χ1) is 12.5. The van der Waals surface area contributed by atoms with Crippen LogP contribution in [0.25, 0.3) is 0 Å². The molecule has 5 nitrogen and oxygen atoms in total. The molecular weight excluding hydrogens is 482 g/mol. The molecule has 2 fully saturated rings. The predicted octanol–water partition coefficient (Wildman–Crippen LogP) is 3.52. The molecule has 1 aliphatic heterocycles. The summed E-state index contributed by atoms with van der Waals surface area (Å²) < 4.78 is 14.1. The van der Waals surface area contributed by atoms with Crippen molar-refractivity contribution in [3.05, 3.63) is 34.6 Å². The molecule has 1 saturated carbocycles. The topological polar surface area (TPSA) is 56.7 Å². The number of carbonyl (C=O) groups is 1. The van der Waals surface area contributed by atoms with Gasteiger partial charge in [0.25, 0.3) is 0 Å². The minimum absolute atomic E-state index is 0. The van der Waals surface area contributed by atoms with Crippen molar-refractivity contribution < 1.29 is 9.18 Å². The third-order valence-electron chi connectivity index (χ3n) is 4.98. The number of nitrogens with zero attached hydrogens (tertiary/aromatic N) is 2. The van der Waals surface area contributed by atoms with Gasteiger partial charge in [0.2, 0.25) is 5.91 Å². The molecule has 0 spiro atoms. The number of carbonyl (C=O) groups excluding carboxylic acids is 1. The third kappa shape index (κ3) is 5.47. The number of amides is 1. The van der Waals surface area contributed by atoms with E-state index >= 15 is 0 Å². The van der Waals surface area contributed by atoms with Crippen molar-refractivity contribution in [1.29, 1.82) is 0 Å². The Kier molecular flexibility index (Phi) is 8.15. The molecule has 3 rings (SSSR count). The first-order valence-electron chi connectivity index (χ1n) is 9.32. The molecule has 1 aliphatic carbocycles. The molecule has 150 valence electrons. The number of benzene rings is 1. The number of nitrogens with one attached hydrogen (secondary N) is 2. The number of guanidine groups is 1. The van der Waals surface area contributed by atoms with Gasteiger partial charge in [0.05, 0.1) is 0 Å². The number of likely N-dealkylation sites (tertiary alicyclic amines) is 1. The number of rotatable bonds is 5. The lowest BCUT2D eigenvalue weighted by Crippen LogP contribution is -2.46. The monoisotopic (exact) mass is 508 g/mol. The minimum Gasteiger partial charge on any atom is -0.353 e. The molecule has 1 aromatic rings. The Morgan fingerprint density at radius 1 is 1.37 bits per heavy atom. The molecule has 2 aliphatic rings. The molecule has 3 atom stereocenters. The lowest BCUT2D eigenvalue weighted by atomic mass is 10.1. The van der Waals surface area contributed by atoms with E-state index in [0.29, 0.717) is 30.1 Å². The van der Waals surface area contributed by atoms with Crippen LogP contribution in [0.5, 0.6) is 0 Å². The van der Waals surface area contributed by atoms with E-state index in [0.717, 1.165) is 25.3 Å². The van der Waals surface area contributed by atoms with E-state index < -0.39 is 0 Å². The SMILES string of the molecule is CCN=C(NC1CCN(C(=O)CC)C1)NC1CC1c1c(F)cccc1Cl.I. The summed E-state index contributed by atoms with van der Waals surface area (Å²) in [5, 5.41) is 7.28. The minimum atomic E-state index is -0.252. The fraction of sp³-hybridized carbons (Fsp3) is 0.579. The zero-order valence-electron chi connectivity index (χ0n) is 15.7.